The molecule has 0 fully saturated rings. The molecule has 0 aliphatic heterocycles. The van der Waals surface area contributed by atoms with Gasteiger partial charge in [0.2, 0.25) is 0 Å². The number of halogens is 2. The lowest BCUT2D eigenvalue weighted by atomic mass is 10.2. The number of aliphatic hydroxyl groups excluding tert-OH is 2. The Morgan fingerprint density at radius 2 is 2.00 bits per heavy atom. The molecule has 0 bridgehead atoms. The summed E-state index contributed by atoms with van der Waals surface area (Å²) in [4.78, 5) is 0. The van der Waals surface area contributed by atoms with E-state index >= 15 is 0 Å². The maximum atomic E-state index is 8.85. The molecule has 5 heteroatoms. The van der Waals surface area contributed by atoms with Crippen LogP contribution in [0.25, 0.3) is 0 Å². The Morgan fingerprint density at radius 1 is 1.33 bits per heavy atom. The second kappa shape index (κ2) is 6.45. The van der Waals surface area contributed by atoms with Gasteiger partial charge in [-0.2, -0.15) is 0 Å². The van der Waals surface area contributed by atoms with Crippen molar-refractivity contribution >= 4 is 27.5 Å². The second-order valence-corrected chi connectivity index (χ2v) is 4.45. The van der Waals surface area contributed by atoms with Gasteiger partial charge in [0.15, 0.2) is 0 Å². The van der Waals surface area contributed by atoms with Crippen molar-refractivity contribution in [3.05, 3.63) is 33.3 Å². The maximum Gasteiger partial charge on any atom is 0.0607 e. The van der Waals surface area contributed by atoms with E-state index in [1.165, 1.54) is 0 Å². The Morgan fingerprint density at radius 3 is 2.53 bits per heavy atom. The van der Waals surface area contributed by atoms with E-state index in [9.17, 15) is 0 Å². The fourth-order valence-corrected chi connectivity index (χ4v) is 1.55. The Balaban J connectivity index is 2.54. The first kappa shape index (κ1) is 12.9. The van der Waals surface area contributed by atoms with Gasteiger partial charge in [-0.1, -0.05) is 17.7 Å². The number of nitrogens with one attached hydrogen (secondary N) is 1. The lowest BCUT2D eigenvalue weighted by Crippen LogP contribution is -2.35. The molecule has 0 aliphatic carbocycles. The van der Waals surface area contributed by atoms with Gasteiger partial charge in [-0.25, -0.2) is 0 Å². The van der Waals surface area contributed by atoms with Gasteiger partial charge in [-0.05, 0) is 33.6 Å². The van der Waals surface area contributed by atoms with Crippen molar-refractivity contribution in [3.8, 4) is 0 Å². The normalized spacial score (nSPS) is 11.0. The zero-order valence-electron chi connectivity index (χ0n) is 8.08. The number of rotatable bonds is 5. The molecule has 0 aromatic heterocycles. The molecule has 0 radical (unpaired) electrons. The zero-order chi connectivity index (χ0) is 11.3. The largest absolute Gasteiger partial charge is 0.395 e. The molecule has 1 aromatic carbocycles. The lowest BCUT2D eigenvalue weighted by Gasteiger charge is -2.13. The van der Waals surface area contributed by atoms with Crippen molar-refractivity contribution in [3.63, 3.8) is 0 Å². The van der Waals surface area contributed by atoms with Crippen LogP contribution in [0.3, 0.4) is 0 Å². The summed E-state index contributed by atoms with van der Waals surface area (Å²) in [6.07, 6.45) is 0. The summed E-state index contributed by atoms with van der Waals surface area (Å²) in [6.45, 7) is 0.403. The van der Waals surface area contributed by atoms with Crippen LogP contribution >= 0.6 is 27.5 Å². The van der Waals surface area contributed by atoms with Crippen molar-refractivity contribution in [1.29, 1.82) is 0 Å². The van der Waals surface area contributed by atoms with Gasteiger partial charge in [0, 0.05) is 11.0 Å². The molecule has 0 amide bonds. The van der Waals surface area contributed by atoms with Gasteiger partial charge in [0.25, 0.3) is 0 Å². The number of hydrogen-bond donors (Lipinski definition) is 3. The minimum absolute atomic E-state index is 0.0826. The van der Waals surface area contributed by atoms with Crippen LogP contribution in [-0.2, 0) is 6.54 Å². The first-order chi connectivity index (χ1) is 7.17. The smallest absolute Gasteiger partial charge is 0.0607 e. The summed E-state index contributed by atoms with van der Waals surface area (Å²) in [6, 6.07) is 5.35. The molecule has 0 unspecified atom stereocenters. The predicted octanol–water partition coefficient (Wildman–Crippen LogP) is 1.55. The summed E-state index contributed by atoms with van der Waals surface area (Å²) >= 11 is 9.23. The number of benzene rings is 1. The topological polar surface area (TPSA) is 52.5 Å². The molecule has 15 heavy (non-hydrogen) atoms. The number of aliphatic hydroxyl groups is 2. The van der Waals surface area contributed by atoms with Crippen LogP contribution in [0.5, 0.6) is 0 Å². The average Bonchev–Trinajstić information content (AvgIpc) is 2.24. The molecule has 0 aliphatic rings. The van der Waals surface area contributed by atoms with Crippen LogP contribution in [0.2, 0.25) is 5.02 Å². The van der Waals surface area contributed by atoms with Crippen LogP contribution in [-0.4, -0.2) is 29.5 Å². The Hall–Kier alpha value is -0.130. The Bertz CT molecular complexity index is 318. The Kier molecular flexibility index (Phi) is 5.56. The molecule has 1 rings (SSSR count). The van der Waals surface area contributed by atoms with Crippen LogP contribution < -0.4 is 5.32 Å². The van der Waals surface area contributed by atoms with Gasteiger partial charge in [-0.3, -0.25) is 0 Å². The standard InChI is InChI=1S/C10H13BrClNO2/c11-9-2-1-7(3-10(9)12)4-13-8(5-14)6-15/h1-3,8,13-15H,4-6H2. The minimum Gasteiger partial charge on any atom is -0.395 e. The van der Waals surface area contributed by atoms with Crippen LogP contribution in [0.1, 0.15) is 5.56 Å². The first-order valence-corrected chi connectivity index (χ1v) is 5.73. The zero-order valence-corrected chi connectivity index (χ0v) is 10.4. The van der Waals surface area contributed by atoms with Gasteiger partial charge in [0.1, 0.15) is 0 Å². The van der Waals surface area contributed by atoms with Crippen molar-refractivity contribution in [2.24, 2.45) is 0 Å². The average molecular weight is 295 g/mol. The van der Waals surface area contributed by atoms with Crippen molar-refractivity contribution in [2.75, 3.05) is 13.2 Å². The fourth-order valence-electron chi connectivity index (χ4n) is 1.10. The third-order valence-corrected chi connectivity index (χ3v) is 3.25. The van der Waals surface area contributed by atoms with E-state index in [0.717, 1.165) is 10.0 Å². The van der Waals surface area contributed by atoms with Crippen LogP contribution in [0.15, 0.2) is 22.7 Å². The predicted molar refractivity (Wildman–Crippen MR) is 64.0 cm³/mol. The van der Waals surface area contributed by atoms with Gasteiger partial charge < -0.3 is 15.5 Å². The summed E-state index contributed by atoms with van der Waals surface area (Å²) in [5.74, 6) is 0. The van der Waals surface area contributed by atoms with E-state index in [1.807, 2.05) is 18.2 Å². The van der Waals surface area contributed by atoms with Crippen LogP contribution in [0, 0.1) is 0 Å². The highest BCUT2D eigenvalue weighted by Crippen LogP contribution is 2.23. The summed E-state index contributed by atoms with van der Waals surface area (Å²) in [5.41, 5.74) is 1.01. The molecule has 0 heterocycles. The molecule has 0 saturated heterocycles. The lowest BCUT2D eigenvalue weighted by molar-refractivity contribution is 0.170. The van der Waals surface area contributed by atoms with E-state index in [1.54, 1.807) is 0 Å². The van der Waals surface area contributed by atoms with Crippen molar-refractivity contribution < 1.29 is 10.2 Å². The summed E-state index contributed by atoms with van der Waals surface area (Å²) in [7, 11) is 0. The molecular formula is C10H13BrClNO2. The molecule has 0 saturated carbocycles. The molecule has 84 valence electrons. The second-order valence-electron chi connectivity index (χ2n) is 3.19. The highest BCUT2D eigenvalue weighted by atomic mass is 79.9. The van der Waals surface area contributed by atoms with Gasteiger partial charge in [-0.15, -0.1) is 0 Å². The third kappa shape index (κ3) is 4.09. The molecule has 1 aromatic rings. The molecular weight excluding hydrogens is 281 g/mol. The highest BCUT2D eigenvalue weighted by molar-refractivity contribution is 9.10. The number of hydrogen-bond acceptors (Lipinski definition) is 3. The first-order valence-electron chi connectivity index (χ1n) is 4.56. The van der Waals surface area contributed by atoms with Crippen LogP contribution in [0.4, 0.5) is 0 Å². The van der Waals surface area contributed by atoms with Gasteiger partial charge >= 0.3 is 0 Å². The molecule has 0 atom stereocenters. The SMILES string of the molecule is OCC(CO)NCc1ccc(Br)c(Cl)c1. The highest BCUT2D eigenvalue weighted by Gasteiger charge is 2.05. The van der Waals surface area contributed by atoms with E-state index in [0.29, 0.717) is 11.6 Å². The molecule has 3 nitrogen and oxygen atoms in total. The monoisotopic (exact) mass is 293 g/mol. The van der Waals surface area contributed by atoms with Crippen molar-refractivity contribution in [1.82, 2.24) is 5.32 Å². The summed E-state index contributed by atoms with van der Waals surface area (Å²) < 4.78 is 0.855. The Labute approximate surface area is 102 Å². The van der Waals surface area contributed by atoms with E-state index in [2.05, 4.69) is 21.2 Å². The van der Waals surface area contributed by atoms with Gasteiger partial charge in [0.05, 0.1) is 24.3 Å². The fraction of sp³-hybridized carbons (Fsp3) is 0.400. The maximum absolute atomic E-state index is 8.85. The molecule has 0 spiro atoms. The third-order valence-electron chi connectivity index (χ3n) is 2.02. The minimum atomic E-state index is -0.285. The van der Waals surface area contributed by atoms with E-state index < -0.39 is 0 Å². The molecule has 3 N–H and O–H groups in total. The van der Waals surface area contributed by atoms with E-state index in [-0.39, 0.29) is 19.3 Å². The quantitative estimate of drug-likeness (QED) is 0.772. The van der Waals surface area contributed by atoms with E-state index in [4.69, 9.17) is 21.8 Å². The van der Waals surface area contributed by atoms with Crippen molar-refractivity contribution in [2.45, 2.75) is 12.6 Å². The summed E-state index contributed by atoms with van der Waals surface area (Å²) in [5, 5.41) is 21.4.